The van der Waals surface area contributed by atoms with E-state index in [1.165, 1.54) is 12.3 Å². The van der Waals surface area contributed by atoms with Crippen molar-refractivity contribution in [2.75, 3.05) is 5.43 Å². The number of rotatable bonds is 4. The number of H-pyrrole nitrogens is 1. The van der Waals surface area contributed by atoms with Crippen molar-refractivity contribution in [3.8, 4) is 0 Å². The predicted octanol–water partition coefficient (Wildman–Crippen LogP) is 3.17. The largest absolute Gasteiger partial charge is 0.338 e. The van der Waals surface area contributed by atoms with Crippen molar-refractivity contribution < 1.29 is 4.92 Å². The molecule has 9 nitrogen and oxygen atoms in total. The third kappa shape index (κ3) is 2.81. The first-order valence-corrected chi connectivity index (χ1v) is 7.77. The first-order chi connectivity index (χ1) is 12.6. The molecule has 128 valence electrons. The molecular formula is C17H13N7O2. The molecule has 9 heteroatoms. The number of para-hydroxylation sites is 1. The van der Waals surface area contributed by atoms with Crippen LogP contribution >= 0.6 is 0 Å². The third-order valence-corrected chi connectivity index (χ3v) is 3.87. The fourth-order valence-corrected chi connectivity index (χ4v) is 2.65. The first kappa shape index (κ1) is 15.6. The average molecular weight is 347 g/mol. The normalized spacial score (nSPS) is 11.4. The number of nitro groups is 1. The number of hydrazone groups is 1. The third-order valence-electron chi connectivity index (χ3n) is 3.87. The van der Waals surface area contributed by atoms with Crippen molar-refractivity contribution in [2.24, 2.45) is 5.10 Å². The Hall–Kier alpha value is -3.88. The number of anilines is 1. The van der Waals surface area contributed by atoms with Gasteiger partial charge in [-0.05, 0) is 25.1 Å². The van der Waals surface area contributed by atoms with Gasteiger partial charge in [-0.3, -0.25) is 10.1 Å². The van der Waals surface area contributed by atoms with Crippen LogP contribution in [0.3, 0.4) is 0 Å². The lowest BCUT2D eigenvalue weighted by atomic mass is 10.2. The number of aryl methyl sites for hydroxylation is 1. The van der Waals surface area contributed by atoms with Gasteiger partial charge in [0.2, 0.25) is 0 Å². The molecular weight excluding hydrogens is 334 g/mol. The minimum atomic E-state index is -0.460. The van der Waals surface area contributed by atoms with Crippen molar-refractivity contribution in [3.05, 3.63) is 63.7 Å². The lowest BCUT2D eigenvalue weighted by molar-refractivity contribution is -0.385. The van der Waals surface area contributed by atoms with Gasteiger partial charge in [0.05, 0.1) is 16.7 Å². The minimum absolute atomic E-state index is 0.0291. The second-order valence-electron chi connectivity index (χ2n) is 5.69. The van der Waals surface area contributed by atoms with Crippen molar-refractivity contribution in [1.29, 1.82) is 0 Å². The fraction of sp³-hybridized carbons (Fsp3) is 0.0588. The van der Waals surface area contributed by atoms with Crippen molar-refractivity contribution in [1.82, 2.24) is 20.2 Å². The fourth-order valence-electron chi connectivity index (χ4n) is 2.65. The lowest BCUT2D eigenvalue weighted by Gasteiger charge is -1.98. The van der Waals surface area contributed by atoms with Crippen LogP contribution in [-0.4, -0.2) is 31.3 Å². The van der Waals surface area contributed by atoms with Crippen LogP contribution in [0.25, 0.3) is 22.1 Å². The smallest absolute Gasteiger partial charge is 0.278 e. The van der Waals surface area contributed by atoms with Crippen LogP contribution in [0.1, 0.15) is 11.1 Å². The zero-order valence-electron chi connectivity index (χ0n) is 13.7. The van der Waals surface area contributed by atoms with Gasteiger partial charge in [0.15, 0.2) is 5.65 Å². The topological polar surface area (TPSA) is 122 Å². The summed E-state index contributed by atoms with van der Waals surface area (Å²) in [7, 11) is 0. The van der Waals surface area contributed by atoms with E-state index in [2.05, 4.69) is 30.7 Å². The summed E-state index contributed by atoms with van der Waals surface area (Å²) in [6.07, 6.45) is 1.35. The molecule has 0 aliphatic rings. The lowest BCUT2D eigenvalue weighted by Crippen LogP contribution is -2.00. The number of aromatic amines is 1. The molecule has 2 aromatic heterocycles. The van der Waals surface area contributed by atoms with Crippen LogP contribution in [0.5, 0.6) is 0 Å². The quantitative estimate of drug-likeness (QED) is 0.332. The molecule has 0 aliphatic heterocycles. The van der Waals surface area contributed by atoms with E-state index < -0.39 is 4.92 Å². The van der Waals surface area contributed by atoms with Crippen LogP contribution in [0, 0.1) is 17.0 Å². The highest BCUT2D eigenvalue weighted by atomic mass is 16.6. The maximum absolute atomic E-state index is 11.0. The molecule has 2 heterocycles. The maximum Gasteiger partial charge on any atom is 0.278 e. The molecule has 26 heavy (non-hydrogen) atoms. The molecule has 0 unspecified atom stereocenters. The Labute approximate surface area is 146 Å². The van der Waals surface area contributed by atoms with Gasteiger partial charge < -0.3 is 4.98 Å². The summed E-state index contributed by atoms with van der Waals surface area (Å²) in [4.78, 5) is 18.1. The molecule has 0 amide bonds. The average Bonchev–Trinajstić information content (AvgIpc) is 2.99. The second-order valence-corrected chi connectivity index (χ2v) is 5.69. The van der Waals surface area contributed by atoms with E-state index in [1.54, 1.807) is 18.2 Å². The summed E-state index contributed by atoms with van der Waals surface area (Å²) in [5.74, 6) is 0.190. The Kier molecular flexibility index (Phi) is 3.73. The van der Waals surface area contributed by atoms with Gasteiger partial charge in [-0.1, -0.05) is 23.8 Å². The molecule has 0 aliphatic carbocycles. The zero-order valence-corrected chi connectivity index (χ0v) is 13.7. The summed E-state index contributed by atoms with van der Waals surface area (Å²) >= 11 is 0. The number of benzene rings is 2. The first-order valence-electron chi connectivity index (χ1n) is 7.77. The van der Waals surface area contributed by atoms with Crippen molar-refractivity contribution >= 4 is 39.9 Å². The van der Waals surface area contributed by atoms with E-state index in [1.807, 2.05) is 25.1 Å². The van der Waals surface area contributed by atoms with Gasteiger partial charge in [0.1, 0.15) is 5.52 Å². The van der Waals surface area contributed by atoms with Crippen LogP contribution in [0.4, 0.5) is 11.6 Å². The van der Waals surface area contributed by atoms with Gasteiger partial charge in [-0.25, -0.2) is 5.43 Å². The molecule has 4 rings (SSSR count). The van der Waals surface area contributed by atoms with Crippen molar-refractivity contribution in [2.45, 2.75) is 6.92 Å². The number of nitrogens with zero attached hydrogens (tertiary/aromatic N) is 5. The highest BCUT2D eigenvalue weighted by molar-refractivity contribution is 6.03. The maximum atomic E-state index is 11.0. The summed E-state index contributed by atoms with van der Waals surface area (Å²) in [5, 5.41) is 24.1. The summed E-state index contributed by atoms with van der Waals surface area (Å²) < 4.78 is 0. The van der Waals surface area contributed by atoms with E-state index >= 15 is 0 Å². The molecule has 0 saturated heterocycles. The molecule has 0 radical (unpaired) electrons. The number of aromatic nitrogens is 4. The molecule has 4 aromatic rings. The molecule has 2 N–H and O–H groups in total. The van der Waals surface area contributed by atoms with Gasteiger partial charge in [0.25, 0.3) is 11.6 Å². The van der Waals surface area contributed by atoms with Crippen molar-refractivity contribution in [3.63, 3.8) is 0 Å². The van der Waals surface area contributed by atoms with Gasteiger partial charge in [0, 0.05) is 17.0 Å². The SMILES string of the molecule is Cc1ccc2[nH]c3nc(N/N=C/c4ccccc4[N+](=O)[O-])nnc3c2c1. The standard InChI is InChI=1S/C17H13N7O2/c1-10-6-7-13-12(8-10)15-16(19-13)20-17(23-21-15)22-18-9-11-4-2-3-5-14(11)24(25)26/h2-9H,1H3,(H2,19,20,22,23)/b18-9+. The summed E-state index contributed by atoms with van der Waals surface area (Å²) in [6, 6.07) is 12.3. The van der Waals surface area contributed by atoms with E-state index in [0.29, 0.717) is 16.7 Å². The number of fused-ring (bicyclic) bond motifs is 3. The van der Waals surface area contributed by atoms with E-state index in [9.17, 15) is 10.1 Å². The monoisotopic (exact) mass is 347 g/mol. The Morgan fingerprint density at radius 3 is 2.92 bits per heavy atom. The molecule has 2 aromatic carbocycles. The number of nitrogens with one attached hydrogen (secondary N) is 2. The highest BCUT2D eigenvalue weighted by Crippen LogP contribution is 2.23. The Bertz CT molecular complexity index is 1170. The second kappa shape index (κ2) is 6.20. The summed E-state index contributed by atoms with van der Waals surface area (Å²) in [6.45, 7) is 2.01. The number of hydrogen-bond donors (Lipinski definition) is 2. The molecule has 0 saturated carbocycles. The van der Waals surface area contributed by atoms with Crippen LogP contribution in [0.15, 0.2) is 47.6 Å². The minimum Gasteiger partial charge on any atom is -0.338 e. The molecule has 0 bridgehead atoms. The molecule has 0 atom stereocenters. The Morgan fingerprint density at radius 1 is 1.23 bits per heavy atom. The van der Waals surface area contributed by atoms with E-state index in [0.717, 1.165) is 16.5 Å². The Balaban J connectivity index is 1.62. The van der Waals surface area contributed by atoms with Crippen LogP contribution in [-0.2, 0) is 0 Å². The number of hydrogen-bond acceptors (Lipinski definition) is 7. The highest BCUT2D eigenvalue weighted by Gasteiger charge is 2.11. The summed E-state index contributed by atoms with van der Waals surface area (Å²) in [5.41, 5.74) is 6.31. The molecule has 0 spiro atoms. The van der Waals surface area contributed by atoms with Gasteiger partial charge in [-0.15, -0.1) is 10.2 Å². The van der Waals surface area contributed by atoms with Gasteiger partial charge in [-0.2, -0.15) is 10.1 Å². The van der Waals surface area contributed by atoms with E-state index in [4.69, 9.17) is 0 Å². The van der Waals surface area contributed by atoms with E-state index in [-0.39, 0.29) is 11.6 Å². The predicted molar refractivity (Wildman–Crippen MR) is 98.2 cm³/mol. The van der Waals surface area contributed by atoms with Gasteiger partial charge >= 0.3 is 0 Å². The number of nitro benzene ring substituents is 1. The van der Waals surface area contributed by atoms with Crippen LogP contribution in [0.2, 0.25) is 0 Å². The zero-order chi connectivity index (χ0) is 18.1. The molecule has 0 fully saturated rings. The van der Waals surface area contributed by atoms with Crippen LogP contribution < -0.4 is 5.43 Å². The Morgan fingerprint density at radius 2 is 2.08 bits per heavy atom.